The van der Waals surface area contributed by atoms with E-state index in [2.05, 4.69) is 17.9 Å². The van der Waals surface area contributed by atoms with Gasteiger partial charge in [-0.1, -0.05) is 0 Å². The summed E-state index contributed by atoms with van der Waals surface area (Å²) >= 11 is 0. The average Bonchev–Trinajstić information content (AvgIpc) is 2.48. The molecule has 0 aromatic heterocycles. The zero-order valence-corrected chi connectivity index (χ0v) is 9.01. The molecule has 0 spiro atoms. The molecule has 1 unspecified atom stereocenters. The fourth-order valence-corrected chi connectivity index (χ4v) is 1.80. The summed E-state index contributed by atoms with van der Waals surface area (Å²) < 4.78 is 0. The lowest BCUT2D eigenvalue weighted by Gasteiger charge is -2.24. The van der Waals surface area contributed by atoms with Crippen LogP contribution in [0.1, 0.15) is 40.0 Å². The van der Waals surface area contributed by atoms with Gasteiger partial charge < -0.3 is 4.90 Å². The van der Waals surface area contributed by atoms with E-state index in [0.717, 1.165) is 19.0 Å². The van der Waals surface area contributed by atoms with Gasteiger partial charge in [0.05, 0.1) is 11.5 Å². The van der Waals surface area contributed by atoms with Crippen LogP contribution in [-0.4, -0.2) is 24.0 Å². The molecule has 0 N–H and O–H groups in total. The van der Waals surface area contributed by atoms with E-state index in [1.54, 1.807) is 0 Å². The van der Waals surface area contributed by atoms with Gasteiger partial charge in [0.15, 0.2) is 0 Å². The molecule has 1 saturated heterocycles. The Labute approximate surface area is 81.5 Å². The molecule has 74 valence electrons. The second kappa shape index (κ2) is 4.11. The molecule has 1 fully saturated rings. The summed E-state index contributed by atoms with van der Waals surface area (Å²) in [5, 5.41) is 8.87. The Hall–Kier alpha value is -0.550. The lowest BCUT2D eigenvalue weighted by molar-refractivity contribution is 0.237. The second-order valence-electron chi connectivity index (χ2n) is 4.77. The highest BCUT2D eigenvalue weighted by molar-refractivity contribution is 4.92. The number of likely N-dealkylation sites (tertiary alicyclic amines) is 1. The first-order chi connectivity index (χ1) is 6.05. The lowest BCUT2D eigenvalue weighted by atomic mass is 9.91. The molecule has 1 rings (SSSR count). The third-order valence-electron chi connectivity index (χ3n) is 3.02. The SMILES string of the molecule is CC1CCCN1CCC(C)(C)C#N. The van der Waals surface area contributed by atoms with Gasteiger partial charge in [-0.3, -0.25) is 0 Å². The third-order valence-corrected chi connectivity index (χ3v) is 3.02. The van der Waals surface area contributed by atoms with Crippen LogP contribution in [0.5, 0.6) is 0 Å². The maximum atomic E-state index is 8.87. The zero-order chi connectivity index (χ0) is 9.90. The Morgan fingerprint density at radius 2 is 2.23 bits per heavy atom. The van der Waals surface area contributed by atoms with Gasteiger partial charge in [0.25, 0.3) is 0 Å². The molecule has 0 aliphatic carbocycles. The van der Waals surface area contributed by atoms with E-state index in [1.807, 2.05) is 13.8 Å². The Bertz CT molecular complexity index is 203. The number of hydrogen-bond acceptors (Lipinski definition) is 2. The number of nitrogens with zero attached hydrogens (tertiary/aromatic N) is 2. The first kappa shape index (κ1) is 10.5. The largest absolute Gasteiger partial charge is 0.301 e. The molecule has 2 heteroatoms. The molecule has 1 aliphatic rings. The highest BCUT2D eigenvalue weighted by Gasteiger charge is 2.23. The third kappa shape index (κ3) is 3.00. The Morgan fingerprint density at radius 3 is 2.69 bits per heavy atom. The Balaban J connectivity index is 2.30. The van der Waals surface area contributed by atoms with Gasteiger partial charge in [0.2, 0.25) is 0 Å². The van der Waals surface area contributed by atoms with E-state index in [4.69, 9.17) is 5.26 Å². The summed E-state index contributed by atoms with van der Waals surface area (Å²) in [4.78, 5) is 2.50. The van der Waals surface area contributed by atoms with Crippen molar-refractivity contribution in [2.24, 2.45) is 5.41 Å². The number of nitriles is 1. The van der Waals surface area contributed by atoms with Crippen molar-refractivity contribution in [1.82, 2.24) is 4.90 Å². The minimum Gasteiger partial charge on any atom is -0.301 e. The average molecular weight is 180 g/mol. The van der Waals surface area contributed by atoms with Crippen LogP contribution in [0.25, 0.3) is 0 Å². The van der Waals surface area contributed by atoms with Gasteiger partial charge >= 0.3 is 0 Å². The monoisotopic (exact) mass is 180 g/mol. The first-order valence-corrected chi connectivity index (χ1v) is 5.20. The quantitative estimate of drug-likeness (QED) is 0.667. The Kier molecular flexibility index (Phi) is 3.33. The van der Waals surface area contributed by atoms with Crippen LogP contribution >= 0.6 is 0 Å². The van der Waals surface area contributed by atoms with Gasteiger partial charge in [-0.2, -0.15) is 5.26 Å². The molecule has 2 nitrogen and oxygen atoms in total. The van der Waals surface area contributed by atoms with Gasteiger partial charge in [0, 0.05) is 6.04 Å². The van der Waals surface area contributed by atoms with E-state index in [-0.39, 0.29) is 5.41 Å². The van der Waals surface area contributed by atoms with Crippen LogP contribution in [0.3, 0.4) is 0 Å². The minimum atomic E-state index is -0.150. The van der Waals surface area contributed by atoms with Crippen molar-refractivity contribution < 1.29 is 0 Å². The van der Waals surface area contributed by atoms with Gasteiger partial charge in [0.1, 0.15) is 0 Å². The molecule has 0 aromatic carbocycles. The van der Waals surface area contributed by atoms with Crippen molar-refractivity contribution in [3.63, 3.8) is 0 Å². The summed E-state index contributed by atoms with van der Waals surface area (Å²) in [5.41, 5.74) is -0.150. The number of rotatable bonds is 3. The van der Waals surface area contributed by atoms with Crippen molar-refractivity contribution in [1.29, 1.82) is 5.26 Å². The first-order valence-electron chi connectivity index (χ1n) is 5.20. The molecule has 0 bridgehead atoms. The Morgan fingerprint density at radius 1 is 1.54 bits per heavy atom. The van der Waals surface area contributed by atoms with Gasteiger partial charge in [-0.15, -0.1) is 0 Å². The summed E-state index contributed by atoms with van der Waals surface area (Å²) in [6.07, 6.45) is 3.65. The maximum Gasteiger partial charge on any atom is 0.0684 e. The molecule has 0 radical (unpaired) electrons. The predicted molar refractivity (Wildman–Crippen MR) is 54.3 cm³/mol. The molecular formula is C11H20N2. The molecule has 0 amide bonds. The maximum absolute atomic E-state index is 8.87. The fraction of sp³-hybridized carbons (Fsp3) is 0.909. The van der Waals surface area contributed by atoms with E-state index < -0.39 is 0 Å². The minimum absolute atomic E-state index is 0.150. The van der Waals surface area contributed by atoms with Crippen LogP contribution in [0.2, 0.25) is 0 Å². The molecular weight excluding hydrogens is 160 g/mol. The van der Waals surface area contributed by atoms with Crippen molar-refractivity contribution in [2.45, 2.75) is 46.1 Å². The molecule has 0 aromatic rings. The summed E-state index contributed by atoms with van der Waals surface area (Å²) in [6.45, 7) is 8.64. The van der Waals surface area contributed by atoms with Crippen molar-refractivity contribution in [3.05, 3.63) is 0 Å². The van der Waals surface area contributed by atoms with Crippen LogP contribution in [-0.2, 0) is 0 Å². The van der Waals surface area contributed by atoms with Crippen LogP contribution in [0.4, 0.5) is 0 Å². The van der Waals surface area contributed by atoms with Crippen molar-refractivity contribution in [2.75, 3.05) is 13.1 Å². The van der Waals surface area contributed by atoms with Gasteiger partial charge in [-0.25, -0.2) is 0 Å². The number of hydrogen-bond donors (Lipinski definition) is 0. The van der Waals surface area contributed by atoms with Crippen molar-refractivity contribution in [3.8, 4) is 6.07 Å². The van der Waals surface area contributed by atoms with E-state index >= 15 is 0 Å². The molecule has 13 heavy (non-hydrogen) atoms. The van der Waals surface area contributed by atoms with E-state index in [0.29, 0.717) is 0 Å². The molecule has 1 aliphatic heterocycles. The van der Waals surface area contributed by atoms with Crippen LogP contribution in [0, 0.1) is 16.7 Å². The molecule has 0 saturated carbocycles. The van der Waals surface area contributed by atoms with Crippen molar-refractivity contribution >= 4 is 0 Å². The lowest BCUT2D eigenvalue weighted by Crippen LogP contribution is -2.30. The normalized spacial score (nSPS) is 24.6. The summed E-state index contributed by atoms with van der Waals surface area (Å²) in [5.74, 6) is 0. The highest BCUT2D eigenvalue weighted by Crippen LogP contribution is 2.23. The topological polar surface area (TPSA) is 27.0 Å². The summed E-state index contributed by atoms with van der Waals surface area (Å²) in [6, 6.07) is 3.08. The predicted octanol–water partition coefficient (Wildman–Crippen LogP) is 2.41. The fourth-order valence-electron chi connectivity index (χ4n) is 1.80. The molecule has 1 atom stereocenters. The highest BCUT2D eigenvalue weighted by atomic mass is 15.2. The van der Waals surface area contributed by atoms with E-state index in [1.165, 1.54) is 19.4 Å². The van der Waals surface area contributed by atoms with E-state index in [9.17, 15) is 0 Å². The summed E-state index contributed by atoms with van der Waals surface area (Å²) in [7, 11) is 0. The van der Waals surface area contributed by atoms with Gasteiger partial charge in [-0.05, 0) is 53.1 Å². The standard InChI is InChI=1S/C11H20N2/c1-10-5-4-7-13(10)8-6-11(2,3)9-12/h10H,4-8H2,1-3H3. The molecule has 1 heterocycles. The smallest absolute Gasteiger partial charge is 0.0684 e. The van der Waals surface area contributed by atoms with Crippen LogP contribution < -0.4 is 0 Å². The van der Waals surface area contributed by atoms with Crippen LogP contribution in [0.15, 0.2) is 0 Å². The second-order valence-corrected chi connectivity index (χ2v) is 4.77. The zero-order valence-electron chi connectivity index (χ0n) is 9.01.